The summed E-state index contributed by atoms with van der Waals surface area (Å²) in [4.78, 5) is 23.9. The van der Waals surface area contributed by atoms with E-state index in [0.29, 0.717) is 5.92 Å². The first-order chi connectivity index (χ1) is 17.3. The second-order valence-electron chi connectivity index (χ2n) is 10.1. The SMILES string of the molecule is CC(=O)NCC(=O)NC(C[C@H]1CCC2=Cc3c(cnn3-c3ccc(F)cc3)C[C@@]21C)c1ccccc1. The van der Waals surface area contributed by atoms with E-state index in [1.165, 1.54) is 30.2 Å². The second kappa shape index (κ2) is 9.72. The summed E-state index contributed by atoms with van der Waals surface area (Å²) in [5.41, 5.74) is 5.54. The summed E-state index contributed by atoms with van der Waals surface area (Å²) in [6.45, 7) is 3.71. The minimum Gasteiger partial charge on any atom is -0.348 e. The fourth-order valence-electron chi connectivity index (χ4n) is 5.80. The molecule has 36 heavy (non-hydrogen) atoms. The summed E-state index contributed by atoms with van der Waals surface area (Å²) < 4.78 is 15.3. The molecule has 5 rings (SSSR count). The van der Waals surface area contributed by atoms with Crippen LogP contribution in [0.3, 0.4) is 0 Å². The van der Waals surface area contributed by atoms with Gasteiger partial charge in [-0.3, -0.25) is 9.59 Å². The monoisotopic (exact) mass is 486 g/mol. The van der Waals surface area contributed by atoms with Crippen molar-refractivity contribution in [3.05, 3.63) is 89.0 Å². The highest BCUT2D eigenvalue weighted by Crippen LogP contribution is 2.55. The number of aromatic nitrogens is 2. The number of amides is 2. The van der Waals surface area contributed by atoms with Crippen LogP contribution in [0.2, 0.25) is 0 Å². The maximum absolute atomic E-state index is 13.4. The number of hydrogen-bond acceptors (Lipinski definition) is 3. The van der Waals surface area contributed by atoms with E-state index < -0.39 is 0 Å². The van der Waals surface area contributed by atoms with E-state index in [9.17, 15) is 14.0 Å². The Hall–Kier alpha value is -3.74. The van der Waals surface area contributed by atoms with Gasteiger partial charge in [0.2, 0.25) is 11.8 Å². The van der Waals surface area contributed by atoms with Gasteiger partial charge in [0.05, 0.1) is 30.2 Å². The largest absolute Gasteiger partial charge is 0.348 e. The van der Waals surface area contributed by atoms with Crippen molar-refractivity contribution >= 4 is 17.9 Å². The number of allylic oxidation sites excluding steroid dienone is 1. The van der Waals surface area contributed by atoms with E-state index in [1.807, 2.05) is 41.2 Å². The fourth-order valence-corrected chi connectivity index (χ4v) is 5.80. The topological polar surface area (TPSA) is 76.0 Å². The molecule has 0 bridgehead atoms. The number of carbonyl (C=O) groups excluding carboxylic acids is 2. The maximum atomic E-state index is 13.4. The Morgan fingerprint density at radius 1 is 1.17 bits per heavy atom. The molecule has 2 aliphatic carbocycles. The summed E-state index contributed by atoms with van der Waals surface area (Å²) in [5, 5.41) is 10.4. The van der Waals surface area contributed by atoms with Crippen molar-refractivity contribution in [1.29, 1.82) is 0 Å². The molecule has 7 heteroatoms. The highest BCUT2D eigenvalue weighted by Gasteiger charge is 2.46. The minimum atomic E-state index is -0.263. The third kappa shape index (κ3) is 4.70. The quantitative estimate of drug-likeness (QED) is 0.506. The number of nitrogens with one attached hydrogen (secondary N) is 2. The third-order valence-electron chi connectivity index (χ3n) is 7.78. The Labute approximate surface area is 210 Å². The summed E-state index contributed by atoms with van der Waals surface area (Å²) in [6.07, 6.45) is 7.92. The number of benzene rings is 2. The molecule has 0 saturated heterocycles. The molecule has 1 aromatic heterocycles. The van der Waals surface area contributed by atoms with Crippen molar-refractivity contribution < 1.29 is 14.0 Å². The van der Waals surface area contributed by atoms with Crippen molar-refractivity contribution in [2.24, 2.45) is 11.3 Å². The molecule has 0 aliphatic heterocycles. The number of halogens is 1. The van der Waals surface area contributed by atoms with Crippen molar-refractivity contribution in [3.8, 4) is 5.69 Å². The lowest BCUT2D eigenvalue weighted by Gasteiger charge is -2.37. The summed E-state index contributed by atoms with van der Waals surface area (Å²) in [5.74, 6) is -0.304. The Bertz CT molecular complexity index is 1300. The smallest absolute Gasteiger partial charge is 0.239 e. The predicted molar refractivity (Wildman–Crippen MR) is 137 cm³/mol. The number of fused-ring (bicyclic) bond motifs is 2. The van der Waals surface area contributed by atoms with E-state index in [0.717, 1.165) is 42.6 Å². The second-order valence-corrected chi connectivity index (χ2v) is 10.1. The van der Waals surface area contributed by atoms with Crippen molar-refractivity contribution in [2.45, 2.75) is 45.6 Å². The van der Waals surface area contributed by atoms with Gasteiger partial charge in [-0.25, -0.2) is 9.07 Å². The number of nitrogens with zero attached hydrogens (tertiary/aromatic N) is 2. The first-order valence-corrected chi connectivity index (χ1v) is 12.5. The van der Waals surface area contributed by atoms with Gasteiger partial charge in [-0.05, 0) is 78.5 Å². The van der Waals surface area contributed by atoms with Crippen LogP contribution in [0.1, 0.15) is 56.0 Å². The predicted octanol–water partition coefficient (Wildman–Crippen LogP) is 4.75. The first-order valence-electron chi connectivity index (χ1n) is 12.5. The number of rotatable bonds is 7. The maximum Gasteiger partial charge on any atom is 0.239 e. The van der Waals surface area contributed by atoms with Gasteiger partial charge in [0.25, 0.3) is 0 Å². The molecule has 186 valence electrons. The lowest BCUT2D eigenvalue weighted by molar-refractivity contribution is -0.125. The van der Waals surface area contributed by atoms with Crippen LogP contribution in [0.4, 0.5) is 4.39 Å². The first kappa shape index (κ1) is 24.0. The van der Waals surface area contributed by atoms with Crippen molar-refractivity contribution in [2.75, 3.05) is 6.54 Å². The molecule has 1 fully saturated rings. The zero-order chi connectivity index (χ0) is 25.3. The molecule has 0 radical (unpaired) electrons. The molecule has 0 spiro atoms. The Balaban J connectivity index is 1.38. The van der Waals surface area contributed by atoms with E-state index in [2.05, 4.69) is 28.7 Å². The molecule has 2 aliphatic rings. The van der Waals surface area contributed by atoms with Gasteiger partial charge in [0.15, 0.2) is 0 Å². The van der Waals surface area contributed by atoms with Crippen LogP contribution in [0, 0.1) is 17.2 Å². The Morgan fingerprint density at radius 3 is 2.64 bits per heavy atom. The Kier molecular flexibility index (Phi) is 6.48. The van der Waals surface area contributed by atoms with Gasteiger partial charge in [0, 0.05) is 6.92 Å². The Morgan fingerprint density at radius 2 is 1.92 bits per heavy atom. The molecule has 1 heterocycles. The minimum absolute atomic E-state index is 0.0287. The standard InChI is InChI=1S/C29H31FN4O2/c1-19(35)31-18-28(36)33-26(20-6-4-3-5-7-20)14-22-8-9-23-15-27-21(16-29(22,23)2)17-32-34(27)25-12-10-24(30)11-13-25/h3-7,10-13,15,17,22,26H,8-9,14,16,18H2,1-2H3,(H,31,35)(H,33,36)/t22-,26?,29-/m1/s1. The van der Waals surface area contributed by atoms with Gasteiger partial charge in [0.1, 0.15) is 5.82 Å². The summed E-state index contributed by atoms with van der Waals surface area (Å²) in [6, 6.07) is 16.3. The summed E-state index contributed by atoms with van der Waals surface area (Å²) >= 11 is 0. The van der Waals surface area contributed by atoms with Crippen LogP contribution in [0.5, 0.6) is 0 Å². The molecular formula is C29H31FN4O2. The van der Waals surface area contributed by atoms with E-state index >= 15 is 0 Å². The number of carbonyl (C=O) groups is 2. The van der Waals surface area contributed by atoms with E-state index in [1.54, 1.807) is 12.1 Å². The highest BCUT2D eigenvalue weighted by atomic mass is 19.1. The van der Waals surface area contributed by atoms with Gasteiger partial charge < -0.3 is 10.6 Å². The van der Waals surface area contributed by atoms with Gasteiger partial charge >= 0.3 is 0 Å². The summed E-state index contributed by atoms with van der Waals surface area (Å²) in [7, 11) is 0. The molecule has 6 nitrogen and oxygen atoms in total. The van der Waals surface area contributed by atoms with Gasteiger partial charge in [-0.1, -0.05) is 42.8 Å². The van der Waals surface area contributed by atoms with E-state index in [-0.39, 0.29) is 35.6 Å². The van der Waals surface area contributed by atoms with Crippen LogP contribution in [-0.2, 0) is 16.0 Å². The lowest BCUT2D eigenvalue weighted by atomic mass is 9.68. The third-order valence-corrected chi connectivity index (χ3v) is 7.78. The molecular weight excluding hydrogens is 455 g/mol. The molecule has 2 N–H and O–H groups in total. The van der Waals surface area contributed by atoms with Crippen LogP contribution in [-0.4, -0.2) is 28.1 Å². The molecule has 3 atom stereocenters. The molecule has 2 amide bonds. The zero-order valence-electron chi connectivity index (χ0n) is 20.6. The van der Waals surface area contributed by atoms with Gasteiger partial charge in [-0.2, -0.15) is 5.10 Å². The van der Waals surface area contributed by atoms with Crippen molar-refractivity contribution in [1.82, 2.24) is 20.4 Å². The van der Waals surface area contributed by atoms with Crippen LogP contribution in [0.25, 0.3) is 11.8 Å². The lowest BCUT2D eigenvalue weighted by Crippen LogP contribution is -2.39. The molecule has 2 aromatic carbocycles. The normalized spacial score (nSPS) is 21.2. The van der Waals surface area contributed by atoms with Crippen LogP contribution >= 0.6 is 0 Å². The van der Waals surface area contributed by atoms with E-state index in [4.69, 9.17) is 0 Å². The molecule has 1 unspecified atom stereocenters. The molecule has 3 aromatic rings. The average Bonchev–Trinajstić information content (AvgIpc) is 3.41. The molecule has 1 saturated carbocycles. The van der Waals surface area contributed by atoms with Crippen LogP contribution in [0.15, 0.2) is 66.4 Å². The van der Waals surface area contributed by atoms with Gasteiger partial charge in [-0.15, -0.1) is 0 Å². The van der Waals surface area contributed by atoms with Crippen LogP contribution < -0.4 is 10.6 Å². The fraction of sp³-hybridized carbons (Fsp3) is 0.345. The average molecular weight is 487 g/mol. The number of hydrogen-bond donors (Lipinski definition) is 2. The van der Waals surface area contributed by atoms with Crippen molar-refractivity contribution in [3.63, 3.8) is 0 Å². The zero-order valence-corrected chi connectivity index (χ0v) is 20.6. The highest BCUT2D eigenvalue weighted by molar-refractivity contribution is 5.83.